The second-order valence-corrected chi connectivity index (χ2v) is 6.74. The first-order valence-corrected chi connectivity index (χ1v) is 8.71. The molecule has 0 unspecified atom stereocenters. The number of primary amides is 1. The Bertz CT molecular complexity index is 846. The smallest absolute Gasteiger partial charge is 0.329 e. The van der Waals surface area contributed by atoms with E-state index in [9.17, 15) is 14.4 Å². The highest BCUT2D eigenvalue weighted by Gasteiger charge is 2.26. The van der Waals surface area contributed by atoms with Gasteiger partial charge in [0, 0.05) is 11.1 Å². The fourth-order valence-corrected chi connectivity index (χ4v) is 2.57. The van der Waals surface area contributed by atoms with Gasteiger partial charge in [-0.05, 0) is 42.7 Å². The van der Waals surface area contributed by atoms with Crippen molar-refractivity contribution in [2.45, 2.75) is 33.4 Å². The fraction of sp³-hybridized carbons (Fsp3) is 0.286. The van der Waals surface area contributed by atoms with Crippen LogP contribution < -0.4 is 11.1 Å². The molecule has 3 N–H and O–H groups in total. The lowest BCUT2D eigenvalue weighted by molar-refractivity contribution is -0.148. The van der Waals surface area contributed by atoms with Gasteiger partial charge in [-0.1, -0.05) is 43.7 Å². The van der Waals surface area contributed by atoms with Crippen LogP contribution in [-0.2, 0) is 16.1 Å². The molecule has 2 rings (SSSR count). The van der Waals surface area contributed by atoms with Crippen LogP contribution in [0, 0.1) is 12.8 Å². The van der Waals surface area contributed by atoms with Gasteiger partial charge in [0.15, 0.2) is 0 Å². The molecule has 0 aliphatic rings. The first kappa shape index (κ1) is 20.2. The average molecular weight is 368 g/mol. The highest BCUT2D eigenvalue weighted by molar-refractivity contribution is 5.97. The van der Waals surface area contributed by atoms with Crippen LogP contribution in [0.25, 0.3) is 0 Å². The van der Waals surface area contributed by atoms with Gasteiger partial charge in [-0.15, -0.1) is 0 Å². The summed E-state index contributed by atoms with van der Waals surface area (Å²) in [6.45, 7) is 5.54. The number of hydrogen-bond acceptors (Lipinski definition) is 4. The van der Waals surface area contributed by atoms with Gasteiger partial charge < -0.3 is 15.8 Å². The Morgan fingerprint density at radius 1 is 1.04 bits per heavy atom. The minimum atomic E-state index is -0.780. The predicted molar refractivity (Wildman–Crippen MR) is 102 cm³/mol. The van der Waals surface area contributed by atoms with E-state index in [0.29, 0.717) is 16.7 Å². The van der Waals surface area contributed by atoms with E-state index in [1.807, 2.05) is 26.8 Å². The van der Waals surface area contributed by atoms with Crippen molar-refractivity contribution in [1.29, 1.82) is 0 Å². The molecule has 6 nitrogen and oxygen atoms in total. The number of carbonyl (C=O) groups excluding carboxylic acids is 3. The molecule has 0 aliphatic carbocycles. The number of amides is 2. The van der Waals surface area contributed by atoms with E-state index in [0.717, 1.165) is 5.56 Å². The predicted octanol–water partition coefficient (Wildman–Crippen LogP) is 2.59. The van der Waals surface area contributed by atoms with Crippen LogP contribution >= 0.6 is 0 Å². The molecule has 6 heteroatoms. The van der Waals surface area contributed by atoms with Crippen molar-refractivity contribution in [2.24, 2.45) is 11.7 Å². The van der Waals surface area contributed by atoms with Gasteiger partial charge in [-0.3, -0.25) is 9.59 Å². The van der Waals surface area contributed by atoms with Gasteiger partial charge >= 0.3 is 5.97 Å². The minimum Gasteiger partial charge on any atom is -0.459 e. The van der Waals surface area contributed by atoms with Crippen molar-refractivity contribution in [3.05, 3.63) is 70.8 Å². The van der Waals surface area contributed by atoms with Crippen LogP contribution in [-0.4, -0.2) is 23.8 Å². The van der Waals surface area contributed by atoms with Gasteiger partial charge in [0.05, 0.1) is 0 Å². The number of ether oxygens (including phenoxy) is 1. The third-order valence-electron chi connectivity index (χ3n) is 4.08. The van der Waals surface area contributed by atoms with E-state index in [-0.39, 0.29) is 18.4 Å². The Hall–Kier alpha value is -3.15. The largest absolute Gasteiger partial charge is 0.459 e. The van der Waals surface area contributed by atoms with Crippen molar-refractivity contribution in [3.8, 4) is 0 Å². The first-order chi connectivity index (χ1) is 12.8. The standard InChI is InChI=1S/C21H24N2O4/c1-13(2)18(23-20(25)17-9-4-6-14(3)10-17)21(26)27-12-15-7-5-8-16(11-15)19(22)24/h4-11,13,18H,12H2,1-3H3,(H2,22,24)(H,23,25)/t18-/m0/s1. The summed E-state index contributed by atoms with van der Waals surface area (Å²) in [5.41, 5.74) is 7.69. The van der Waals surface area contributed by atoms with E-state index in [4.69, 9.17) is 10.5 Å². The van der Waals surface area contributed by atoms with E-state index >= 15 is 0 Å². The normalized spacial score (nSPS) is 11.7. The lowest BCUT2D eigenvalue weighted by Gasteiger charge is -2.21. The maximum atomic E-state index is 12.5. The number of benzene rings is 2. The molecule has 0 saturated heterocycles. The number of nitrogens with two attached hydrogens (primary N) is 1. The van der Waals surface area contributed by atoms with E-state index in [1.54, 1.807) is 42.5 Å². The lowest BCUT2D eigenvalue weighted by Crippen LogP contribution is -2.45. The summed E-state index contributed by atoms with van der Waals surface area (Å²) < 4.78 is 5.34. The fourth-order valence-electron chi connectivity index (χ4n) is 2.57. The molecule has 2 aromatic rings. The summed E-state index contributed by atoms with van der Waals surface area (Å²) in [4.78, 5) is 36.2. The second-order valence-electron chi connectivity index (χ2n) is 6.74. The molecule has 0 spiro atoms. The topological polar surface area (TPSA) is 98.5 Å². The van der Waals surface area contributed by atoms with Crippen LogP contribution in [0.1, 0.15) is 45.7 Å². The monoisotopic (exact) mass is 368 g/mol. The zero-order valence-electron chi connectivity index (χ0n) is 15.7. The number of aryl methyl sites for hydroxylation is 1. The molecule has 0 radical (unpaired) electrons. The average Bonchev–Trinajstić information content (AvgIpc) is 2.64. The molecule has 27 heavy (non-hydrogen) atoms. The third kappa shape index (κ3) is 5.67. The summed E-state index contributed by atoms with van der Waals surface area (Å²) in [6, 6.07) is 12.9. The van der Waals surface area contributed by atoms with E-state index in [2.05, 4.69) is 5.32 Å². The van der Waals surface area contributed by atoms with Crippen LogP contribution in [0.2, 0.25) is 0 Å². The molecule has 0 heterocycles. The zero-order valence-corrected chi connectivity index (χ0v) is 15.7. The molecule has 0 aliphatic heterocycles. The molecular weight excluding hydrogens is 344 g/mol. The van der Waals surface area contributed by atoms with Crippen molar-refractivity contribution in [3.63, 3.8) is 0 Å². The number of esters is 1. The SMILES string of the molecule is Cc1cccc(C(=O)N[C@H](C(=O)OCc2cccc(C(N)=O)c2)C(C)C)c1. The third-order valence-corrected chi connectivity index (χ3v) is 4.08. The van der Waals surface area contributed by atoms with Gasteiger partial charge in [-0.2, -0.15) is 0 Å². The number of carbonyl (C=O) groups is 3. The van der Waals surface area contributed by atoms with Crippen molar-refractivity contribution in [2.75, 3.05) is 0 Å². The highest BCUT2D eigenvalue weighted by Crippen LogP contribution is 2.11. The molecule has 0 fully saturated rings. The molecule has 2 aromatic carbocycles. The maximum Gasteiger partial charge on any atom is 0.329 e. The number of hydrogen-bond donors (Lipinski definition) is 2. The Morgan fingerprint density at radius 3 is 2.33 bits per heavy atom. The Kier molecular flexibility index (Phi) is 6.71. The van der Waals surface area contributed by atoms with Gasteiger partial charge in [0.2, 0.25) is 5.91 Å². The van der Waals surface area contributed by atoms with Gasteiger partial charge in [0.1, 0.15) is 12.6 Å². The summed E-state index contributed by atoms with van der Waals surface area (Å²) in [5.74, 6) is -1.56. The van der Waals surface area contributed by atoms with E-state index in [1.165, 1.54) is 0 Å². The van der Waals surface area contributed by atoms with E-state index < -0.39 is 17.9 Å². The van der Waals surface area contributed by atoms with Crippen LogP contribution in [0.5, 0.6) is 0 Å². The molecular formula is C21H24N2O4. The molecule has 2 amide bonds. The Balaban J connectivity index is 2.03. The van der Waals surface area contributed by atoms with Crippen molar-refractivity contribution in [1.82, 2.24) is 5.32 Å². The quantitative estimate of drug-likeness (QED) is 0.734. The first-order valence-electron chi connectivity index (χ1n) is 8.71. The molecule has 0 bridgehead atoms. The molecule has 1 atom stereocenters. The zero-order chi connectivity index (χ0) is 20.0. The number of rotatable bonds is 7. The Labute approximate surface area is 158 Å². The summed E-state index contributed by atoms with van der Waals surface area (Å²) in [6.07, 6.45) is 0. The maximum absolute atomic E-state index is 12.5. The van der Waals surface area contributed by atoms with Crippen LogP contribution in [0.15, 0.2) is 48.5 Å². The number of nitrogens with one attached hydrogen (secondary N) is 1. The van der Waals surface area contributed by atoms with Gasteiger partial charge in [-0.25, -0.2) is 4.79 Å². The molecule has 142 valence electrons. The van der Waals surface area contributed by atoms with Crippen molar-refractivity contribution >= 4 is 17.8 Å². The molecule has 0 saturated carbocycles. The van der Waals surface area contributed by atoms with Crippen LogP contribution in [0.3, 0.4) is 0 Å². The lowest BCUT2D eigenvalue weighted by atomic mass is 10.0. The van der Waals surface area contributed by atoms with Gasteiger partial charge in [0.25, 0.3) is 5.91 Å². The van der Waals surface area contributed by atoms with Crippen LogP contribution in [0.4, 0.5) is 0 Å². The Morgan fingerprint density at radius 2 is 1.70 bits per heavy atom. The van der Waals surface area contributed by atoms with Crippen molar-refractivity contribution < 1.29 is 19.1 Å². The second kappa shape index (κ2) is 8.98. The molecule has 0 aromatic heterocycles. The minimum absolute atomic E-state index is 0.0104. The summed E-state index contributed by atoms with van der Waals surface area (Å²) in [5, 5.41) is 2.74. The summed E-state index contributed by atoms with van der Waals surface area (Å²) in [7, 11) is 0. The highest BCUT2D eigenvalue weighted by atomic mass is 16.5. The summed E-state index contributed by atoms with van der Waals surface area (Å²) >= 11 is 0.